The maximum atomic E-state index is 11.7. The molecule has 1 fully saturated rings. The van der Waals surface area contributed by atoms with Gasteiger partial charge in [-0.2, -0.15) is 0 Å². The van der Waals surface area contributed by atoms with Gasteiger partial charge in [0.15, 0.2) is 0 Å². The quantitative estimate of drug-likeness (QED) is 0.719. The number of hydrogen-bond acceptors (Lipinski definition) is 4. The van der Waals surface area contributed by atoms with Crippen LogP contribution in [0.2, 0.25) is 0 Å². The van der Waals surface area contributed by atoms with Crippen molar-refractivity contribution in [1.29, 1.82) is 0 Å². The Hall–Kier alpha value is -1.40. The van der Waals surface area contributed by atoms with Gasteiger partial charge in [0.2, 0.25) is 0 Å². The summed E-state index contributed by atoms with van der Waals surface area (Å²) in [6.45, 7) is 3.12. The highest BCUT2D eigenvalue weighted by atomic mass is 16.5. The van der Waals surface area contributed by atoms with Gasteiger partial charge in [-0.3, -0.25) is 4.79 Å². The van der Waals surface area contributed by atoms with Gasteiger partial charge < -0.3 is 19.9 Å². The standard InChI is InChI=1S/C12H20N4O2/c1-16-8-11(15-9-16)12(17)14-6-7-18-10-2-4-13-5-3-10/h8-10,13H,2-7H2,1H3,(H,14,17). The van der Waals surface area contributed by atoms with Crippen LogP contribution in [0.25, 0.3) is 0 Å². The average molecular weight is 252 g/mol. The number of aromatic nitrogens is 2. The molecule has 2 heterocycles. The third-order valence-corrected chi connectivity index (χ3v) is 2.96. The lowest BCUT2D eigenvalue weighted by Crippen LogP contribution is -2.34. The summed E-state index contributed by atoms with van der Waals surface area (Å²) in [7, 11) is 1.84. The van der Waals surface area contributed by atoms with Gasteiger partial charge in [-0.15, -0.1) is 0 Å². The number of imidazole rings is 1. The van der Waals surface area contributed by atoms with Gasteiger partial charge in [-0.1, -0.05) is 0 Å². The highest BCUT2D eigenvalue weighted by Gasteiger charge is 2.13. The molecule has 1 aliphatic rings. The Bertz CT molecular complexity index is 385. The van der Waals surface area contributed by atoms with Crippen LogP contribution in [0.1, 0.15) is 23.3 Å². The third kappa shape index (κ3) is 3.82. The summed E-state index contributed by atoms with van der Waals surface area (Å²) in [6, 6.07) is 0. The van der Waals surface area contributed by atoms with Crippen LogP contribution in [-0.2, 0) is 11.8 Å². The van der Waals surface area contributed by atoms with Gasteiger partial charge in [0.25, 0.3) is 5.91 Å². The van der Waals surface area contributed by atoms with Crippen LogP contribution in [0, 0.1) is 0 Å². The molecule has 0 unspecified atom stereocenters. The minimum absolute atomic E-state index is 0.149. The Balaban J connectivity index is 1.61. The van der Waals surface area contributed by atoms with Crippen LogP contribution in [0.5, 0.6) is 0 Å². The lowest BCUT2D eigenvalue weighted by Gasteiger charge is -2.22. The lowest BCUT2D eigenvalue weighted by atomic mass is 10.1. The fourth-order valence-corrected chi connectivity index (χ4v) is 1.97. The van der Waals surface area contributed by atoms with E-state index in [0.717, 1.165) is 25.9 Å². The third-order valence-electron chi connectivity index (χ3n) is 2.96. The molecule has 0 aromatic carbocycles. The van der Waals surface area contributed by atoms with Crippen LogP contribution < -0.4 is 10.6 Å². The summed E-state index contributed by atoms with van der Waals surface area (Å²) < 4.78 is 7.44. The normalized spacial score (nSPS) is 16.7. The van der Waals surface area contributed by atoms with E-state index in [9.17, 15) is 4.79 Å². The van der Waals surface area contributed by atoms with Crippen LogP contribution in [0.15, 0.2) is 12.5 Å². The Morgan fingerprint density at radius 1 is 1.61 bits per heavy atom. The van der Waals surface area contributed by atoms with Crippen molar-refractivity contribution < 1.29 is 9.53 Å². The van der Waals surface area contributed by atoms with Crippen LogP contribution in [-0.4, -0.2) is 47.8 Å². The second kappa shape index (κ2) is 6.51. The lowest BCUT2D eigenvalue weighted by molar-refractivity contribution is 0.0343. The summed E-state index contributed by atoms with van der Waals surface area (Å²) in [5.74, 6) is -0.149. The number of piperidine rings is 1. The molecule has 100 valence electrons. The van der Waals surface area contributed by atoms with Gasteiger partial charge in [-0.25, -0.2) is 4.98 Å². The minimum atomic E-state index is -0.149. The second-order valence-corrected chi connectivity index (χ2v) is 4.50. The zero-order valence-electron chi connectivity index (χ0n) is 10.7. The van der Waals surface area contributed by atoms with E-state index in [1.807, 2.05) is 7.05 Å². The van der Waals surface area contributed by atoms with Crippen molar-refractivity contribution in [1.82, 2.24) is 20.2 Å². The smallest absolute Gasteiger partial charge is 0.271 e. The molecule has 6 nitrogen and oxygen atoms in total. The molecule has 0 atom stereocenters. The topological polar surface area (TPSA) is 68.2 Å². The highest BCUT2D eigenvalue weighted by molar-refractivity contribution is 5.91. The van der Waals surface area contributed by atoms with Crippen molar-refractivity contribution in [3.05, 3.63) is 18.2 Å². The number of amides is 1. The summed E-state index contributed by atoms with van der Waals surface area (Å²) >= 11 is 0. The number of aryl methyl sites for hydroxylation is 1. The van der Waals surface area contributed by atoms with E-state index in [-0.39, 0.29) is 5.91 Å². The van der Waals surface area contributed by atoms with Crippen molar-refractivity contribution >= 4 is 5.91 Å². The Morgan fingerprint density at radius 2 is 2.39 bits per heavy atom. The maximum Gasteiger partial charge on any atom is 0.271 e. The molecule has 1 aromatic heterocycles. The van der Waals surface area contributed by atoms with Gasteiger partial charge in [0.05, 0.1) is 19.0 Å². The predicted molar refractivity (Wildman–Crippen MR) is 67.4 cm³/mol. The first-order valence-electron chi connectivity index (χ1n) is 6.34. The Morgan fingerprint density at radius 3 is 3.06 bits per heavy atom. The summed E-state index contributed by atoms with van der Waals surface area (Å²) in [5, 5.41) is 6.08. The SMILES string of the molecule is Cn1cnc(C(=O)NCCOC2CCNCC2)c1. The predicted octanol–water partition coefficient (Wildman–Crippen LogP) is -0.0815. The fourth-order valence-electron chi connectivity index (χ4n) is 1.97. The maximum absolute atomic E-state index is 11.7. The number of nitrogens with one attached hydrogen (secondary N) is 2. The van der Waals surface area contributed by atoms with E-state index in [1.165, 1.54) is 0 Å². The Labute approximate surface area is 107 Å². The molecule has 6 heteroatoms. The largest absolute Gasteiger partial charge is 0.376 e. The minimum Gasteiger partial charge on any atom is -0.376 e. The molecule has 0 spiro atoms. The van der Waals surface area contributed by atoms with E-state index in [4.69, 9.17) is 4.74 Å². The van der Waals surface area contributed by atoms with Crippen LogP contribution >= 0.6 is 0 Å². The first kappa shape index (κ1) is 13.0. The first-order chi connectivity index (χ1) is 8.75. The Kier molecular flexibility index (Phi) is 4.72. The van der Waals surface area contributed by atoms with E-state index >= 15 is 0 Å². The molecule has 1 aliphatic heterocycles. The number of rotatable bonds is 5. The molecule has 1 aromatic rings. The molecular formula is C12H20N4O2. The molecule has 0 saturated carbocycles. The number of carbonyl (C=O) groups excluding carboxylic acids is 1. The van der Waals surface area contributed by atoms with Crippen LogP contribution in [0.3, 0.4) is 0 Å². The van der Waals surface area contributed by atoms with Gasteiger partial charge in [0, 0.05) is 19.8 Å². The van der Waals surface area contributed by atoms with E-state index in [2.05, 4.69) is 15.6 Å². The van der Waals surface area contributed by atoms with E-state index in [1.54, 1.807) is 17.1 Å². The summed E-state index contributed by atoms with van der Waals surface area (Å²) in [5.41, 5.74) is 0.444. The number of carbonyl (C=O) groups is 1. The van der Waals surface area contributed by atoms with Crippen molar-refractivity contribution in [2.24, 2.45) is 7.05 Å². The van der Waals surface area contributed by atoms with Crippen LogP contribution in [0.4, 0.5) is 0 Å². The number of ether oxygens (including phenoxy) is 1. The zero-order valence-corrected chi connectivity index (χ0v) is 10.7. The molecule has 2 rings (SSSR count). The number of nitrogens with zero attached hydrogens (tertiary/aromatic N) is 2. The molecule has 2 N–H and O–H groups in total. The van der Waals surface area contributed by atoms with Crippen molar-refractivity contribution in [2.75, 3.05) is 26.2 Å². The molecule has 0 aliphatic carbocycles. The van der Waals surface area contributed by atoms with Crippen molar-refractivity contribution in [3.63, 3.8) is 0 Å². The van der Waals surface area contributed by atoms with Crippen molar-refractivity contribution in [3.8, 4) is 0 Å². The monoisotopic (exact) mass is 252 g/mol. The van der Waals surface area contributed by atoms with Crippen molar-refractivity contribution in [2.45, 2.75) is 18.9 Å². The molecule has 1 amide bonds. The molecule has 18 heavy (non-hydrogen) atoms. The average Bonchev–Trinajstić information content (AvgIpc) is 2.82. The fraction of sp³-hybridized carbons (Fsp3) is 0.667. The molecule has 0 radical (unpaired) electrons. The van der Waals surface area contributed by atoms with Gasteiger partial charge in [-0.05, 0) is 25.9 Å². The summed E-state index contributed by atoms with van der Waals surface area (Å²) in [4.78, 5) is 15.6. The zero-order chi connectivity index (χ0) is 12.8. The first-order valence-corrected chi connectivity index (χ1v) is 6.34. The van der Waals surface area contributed by atoms with E-state index < -0.39 is 0 Å². The second-order valence-electron chi connectivity index (χ2n) is 4.50. The molecule has 1 saturated heterocycles. The molecule has 0 bridgehead atoms. The van der Waals surface area contributed by atoms with E-state index in [0.29, 0.717) is 24.9 Å². The summed E-state index contributed by atoms with van der Waals surface area (Å²) in [6.07, 6.45) is 5.74. The number of hydrogen-bond donors (Lipinski definition) is 2. The molecular weight excluding hydrogens is 232 g/mol. The van der Waals surface area contributed by atoms with Gasteiger partial charge >= 0.3 is 0 Å². The van der Waals surface area contributed by atoms with Gasteiger partial charge in [0.1, 0.15) is 5.69 Å². The highest BCUT2D eigenvalue weighted by Crippen LogP contribution is 2.06.